The molecular formula is C28H34ClF3N8O2. The molecule has 3 aromatic heterocycles. The monoisotopic (exact) mass is 606 g/mol. The fourth-order valence-corrected chi connectivity index (χ4v) is 5.18. The number of methoxy groups -OCH3 is 1. The summed E-state index contributed by atoms with van der Waals surface area (Å²) in [5, 5.41) is 9.60. The number of benzene rings is 1. The van der Waals surface area contributed by atoms with E-state index < -0.39 is 11.9 Å². The summed E-state index contributed by atoms with van der Waals surface area (Å²) in [5.74, 6) is 1.84. The molecule has 1 aliphatic rings. The van der Waals surface area contributed by atoms with Crippen LogP contribution in [0.5, 0.6) is 5.75 Å². The highest BCUT2D eigenvalue weighted by Gasteiger charge is 2.36. The van der Waals surface area contributed by atoms with Crippen LogP contribution in [-0.4, -0.2) is 61.0 Å². The summed E-state index contributed by atoms with van der Waals surface area (Å²) >= 11 is 6.47. The predicted octanol–water partition coefficient (Wildman–Crippen LogP) is 6.27. The van der Waals surface area contributed by atoms with Crippen LogP contribution in [0.3, 0.4) is 0 Å². The van der Waals surface area contributed by atoms with Gasteiger partial charge in [-0.2, -0.15) is 23.3 Å². The minimum Gasteiger partial charge on any atom is -0.490 e. The second kappa shape index (κ2) is 12.0. The van der Waals surface area contributed by atoms with Crippen molar-refractivity contribution >= 4 is 17.5 Å². The molecule has 14 heteroatoms. The zero-order valence-corrected chi connectivity index (χ0v) is 24.9. The minimum absolute atomic E-state index is 0.0812. The van der Waals surface area contributed by atoms with Crippen LogP contribution in [0.25, 0.3) is 22.9 Å². The highest BCUT2D eigenvalue weighted by atomic mass is 35.5. The van der Waals surface area contributed by atoms with E-state index in [-0.39, 0.29) is 24.5 Å². The Kier molecular flexibility index (Phi) is 8.51. The Morgan fingerprint density at radius 2 is 1.83 bits per heavy atom. The summed E-state index contributed by atoms with van der Waals surface area (Å²) in [6.07, 6.45) is -1.05. The van der Waals surface area contributed by atoms with E-state index in [1.165, 1.54) is 4.57 Å². The molecule has 42 heavy (non-hydrogen) atoms. The molecule has 0 aliphatic carbocycles. The van der Waals surface area contributed by atoms with Gasteiger partial charge in [0.1, 0.15) is 23.9 Å². The summed E-state index contributed by atoms with van der Waals surface area (Å²) in [4.78, 5) is 10.9. The van der Waals surface area contributed by atoms with Crippen LogP contribution in [0.1, 0.15) is 57.5 Å². The van der Waals surface area contributed by atoms with Gasteiger partial charge in [-0.25, -0.2) is 9.67 Å². The van der Waals surface area contributed by atoms with Crippen LogP contribution in [-0.2, 0) is 24.0 Å². The van der Waals surface area contributed by atoms with Crippen LogP contribution in [0.15, 0.2) is 30.6 Å². The zero-order chi connectivity index (χ0) is 30.2. The van der Waals surface area contributed by atoms with Crippen LogP contribution in [0.2, 0.25) is 5.02 Å². The zero-order valence-electron chi connectivity index (χ0n) is 24.2. The third-order valence-corrected chi connectivity index (χ3v) is 7.25. The number of anilines is 1. The van der Waals surface area contributed by atoms with Gasteiger partial charge in [0.05, 0.1) is 23.4 Å². The van der Waals surface area contributed by atoms with Crippen LogP contribution < -0.4 is 9.64 Å². The summed E-state index contributed by atoms with van der Waals surface area (Å²) < 4.78 is 57.1. The van der Waals surface area contributed by atoms with Crippen molar-refractivity contribution in [3.8, 4) is 28.7 Å². The largest absolute Gasteiger partial charge is 0.490 e. The Bertz CT molecular complexity index is 1540. The predicted molar refractivity (Wildman–Crippen MR) is 153 cm³/mol. The smallest absolute Gasteiger partial charge is 0.434 e. The molecule has 0 spiro atoms. The molecule has 10 nitrogen and oxygen atoms in total. The quantitative estimate of drug-likeness (QED) is 0.197. The molecule has 1 aliphatic heterocycles. The first kappa shape index (κ1) is 29.9. The highest BCUT2D eigenvalue weighted by molar-refractivity contribution is 6.32. The maximum Gasteiger partial charge on any atom is 0.434 e. The van der Waals surface area contributed by atoms with Gasteiger partial charge in [-0.3, -0.25) is 4.68 Å². The SMILES string of the molecule is COCCOc1cc(CN2CCCn3nc(-c4c(Cl)cnn4C(C)C)nc32)ccc1-c1nc(C(F)(F)F)cn1C(C)C. The molecule has 0 saturated heterocycles. The number of rotatable bonds is 10. The number of alkyl halides is 3. The Morgan fingerprint density at radius 1 is 1.05 bits per heavy atom. The van der Waals surface area contributed by atoms with Crippen molar-refractivity contribution in [3.63, 3.8) is 0 Å². The molecule has 4 aromatic rings. The van der Waals surface area contributed by atoms with E-state index in [2.05, 4.69) is 15.0 Å². The average molecular weight is 607 g/mol. The van der Waals surface area contributed by atoms with Gasteiger partial charge in [0.25, 0.3) is 0 Å². The van der Waals surface area contributed by atoms with E-state index in [0.717, 1.165) is 31.3 Å². The number of ether oxygens (including phenoxy) is 2. The molecule has 0 N–H and O–H groups in total. The molecule has 0 atom stereocenters. The van der Waals surface area contributed by atoms with Crippen molar-refractivity contribution < 1.29 is 22.6 Å². The highest BCUT2D eigenvalue weighted by Crippen LogP contribution is 2.37. The van der Waals surface area contributed by atoms with E-state index in [0.29, 0.717) is 47.0 Å². The van der Waals surface area contributed by atoms with Gasteiger partial charge in [0.15, 0.2) is 5.69 Å². The van der Waals surface area contributed by atoms with E-state index in [4.69, 9.17) is 31.2 Å². The number of hydrogen-bond donors (Lipinski definition) is 0. The van der Waals surface area contributed by atoms with Crippen LogP contribution >= 0.6 is 11.6 Å². The Hall–Kier alpha value is -3.58. The van der Waals surface area contributed by atoms with Crippen molar-refractivity contribution in [2.45, 2.75) is 65.5 Å². The van der Waals surface area contributed by atoms with Gasteiger partial charge in [-0.1, -0.05) is 17.7 Å². The lowest BCUT2D eigenvalue weighted by molar-refractivity contribution is -0.140. The lowest BCUT2D eigenvalue weighted by Gasteiger charge is -2.28. The Morgan fingerprint density at radius 3 is 2.52 bits per heavy atom. The van der Waals surface area contributed by atoms with Crippen molar-refractivity contribution in [3.05, 3.63) is 46.9 Å². The van der Waals surface area contributed by atoms with Crippen molar-refractivity contribution in [2.24, 2.45) is 0 Å². The number of hydrogen-bond acceptors (Lipinski definition) is 7. The second-order valence-corrected chi connectivity index (χ2v) is 11.1. The van der Waals surface area contributed by atoms with Gasteiger partial charge < -0.3 is 18.9 Å². The topological polar surface area (TPSA) is 88.1 Å². The van der Waals surface area contributed by atoms with Gasteiger partial charge in [0.2, 0.25) is 11.8 Å². The molecule has 0 amide bonds. The molecule has 5 rings (SSSR count). The third kappa shape index (κ3) is 5.98. The van der Waals surface area contributed by atoms with Gasteiger partial charge in [-0.05, 0) is 51.8 Å². The molecule has 4 heterocycles. The fraction of sp³-hybridized carbons (Fsp3) is 0.500. The molecule has 0 fully saturated rings. The first-order valence-corrected chi connectivity index (χ1v) is 14.2. The average Bonchev–Trinajstić information content (AvgIpc) is 3.65. The molecule has 226 valence electrons. The van der Waals surface area contributed by atoms with Crippen LogP contribution in [0, 0.1) is 0 Å². The van der Waals surface area contributed by atoms with Crippen molar-refractivity contribution in [2.75, 3.05) is 31.8 Å². The Balaban J connectivity index is 1.49. The van der Waals surface area contributed by atoms with E-state index in [1.54, 1.807) is 19.4 Å². The number of aromatic nitrogens is 7. The molecule has 0 unspecified atom stereocenters. The van der Waals surface area contributed by atoms with Gasteiger partial charge >= 0.3 is 6.18 Å². The summed E-state index contributed by atoms with van der Waals surface area (Å²) in [7, 11) is 1.56. The van der Waals surface area contributed by atoms with Crippen molar-refractivity contribution in [1.82, 2.24) is 34.1 Å². The van der Waals surface area contributed by atoms with Crippen molar-refractivity contribution in [1.29, 1.82) is 0 Å². The second-order valence-electron chi connectivity index (χ2n) is 10.7. The first-order chi connectivity index (χ1) is 20.0. The molecule has 0 bridgehead atoms. The fourth-order valence-electron chi connectivity index (χ4n) is 4.97. The minimum atomic E-state index is -4.56. The third-order valence-electron chi connectivity index (χ3n) is 6.97. The first-order valence-electron chi connectivity index (χ1n) is 13.8. The van der Waals surface area contributed by atoms with Gasteiger partial charge in [-0.15, -0.1) is 5.10 Å². The number of aryl methyl sites for hydroxylation is 1. The lowest BCUT2D eigenvalue weighted by atomic mass is 10.1. The van der Waals surface area contributed by atoms with Gasteiger partial charge in [0, 0.05) is 45.0 Å². The maximum atomic E-state index is 13.6. The number of halogens is 4. The summed E-state index contributed by atoms with van der Waals surface area (Å²) in [5.41, 5.74) is 1.10. The maximum absolute atomic E-state index is 13.6. The molecular weight excluding hydrogens is 573 g/mol. The van der Waals surface area contributed by atoms with E-state index in [1.807, 2.05) is 49.2 Å². The number of fused-ring (bicyclic) bond motifs is 1. The molecule has 0 radical (unpaired) electrons. The summed E-state index contributed by atoms with van der Waals surface area (Å²) in [6.45, 7) is 10.2. The number of nitrogens with zero attached hydrogens (tertiary/aromatic N) is 8. The normalized spacial score (nSPS) is 13.8. The number of imidazole rings is 1. The van der Waals surface area contributed by atoms with Crippen LogP contribution in [0.4, 0.5) is 19.1 Å². The van der Waals surface area contributed by atoms with E-state index in [9.17, 15) is 13.2 Å². The van der Waals surface area contributed by atoms with E-state index >= 15 is 0 Å². The standard InChI is InChI=1S/C28H34ClF3N8O2/c1-17(2)38-16-23(28(30,31)32)34-26(38)20-8-7-19(13-22(20)42-12-11-41-5)15-37-9-6-10-39-27(37)35-25(36-39)24-21(29)14-33-40(24)18(3)4/h7-8,13-14,16-18H,6,9-12,15H2,1-5H3. The summed E-state index contributed by atoms with van der Waals surface area (Å²) in [6, 6.07) is 5.33. The lowest BCUT2D eigenvalue weighted by Crippen LogP contribution is -2.32. The Labute approximate surface area is 247 Å². The molecule has 1 aromatic carbocycles. The molecule has 0 saturated carbocycles.